The van der Waals surface area contributed by atoms with Gasteiger partial charge in [0.1, 0.15) is 5.76 Å². The van der Waals surface area contributed by atoms with E-state index in [4.69, 9.17) is 10.3 Å². The van der Waals surface area contributed by atoms with Gasteiger partial charge >= 0.3 is 0 Å². The van der Waals surface area contributed by atoms with Crippen LogP contribution in [-0.4, -0.2) is 52.6 Å². The molecule has 1 aromatic heterocycles. The lowest BCUT2D eigenvalue weighted by molar-refractivity contribution is -0.140. The van der Waals surface area contributed by atoms with Crippen molar-refractivity contribution in [3.8, 4) is 0 Å². The quantitative estimate of drug-likeness (QED) is 0.834. The Morgan fingerprint density at radius 3 is 2.42 bits per heavy atom. The molecule has 2 heterocycles. The number of aryl methyl sites for hydroxylation is 2. The van der Waals surface area contributed by atoms with Crippen molar-refractivity contribution in [1.29, 1.82) is 0 Å². The van der Waals surface area contributed by atoms with Gasteiger partial charge in [-0.25, -0.2) is 0 Å². The summed E-state index contributed by atoms with van der Waals surface area (Å²) < 4.78 is 5.24. The van der Waals surface area contributed by atoms with Crippen LogP contribution in [0.3, 0.4) is 0 Å². The van der Waals surface area contributed by atoms with Crippen LogP contribution in [0.4, 0.5) is 0 Å². The first-order valence-corrected chi connectivity index (χ1v) is 9.10. The van der Waals surface area contributed by atoms with Crippen LogP contribution in [0.25, 0.3) is 0 Å². The maximum Gasteiger partial charge on any atom is 0.227 e. The third kappa shape index (κ3) is 4.91. The minimum Gasteiger partial charge on any atom is -0.361 e. The number of amides is 1. The number of hydrogen-bond acceptors (Lipinski definition) is 5. The van der Waals surface area contributed by atoms with E-state index in [2.05, 4.69) is 10.1 Å². The molecule has 26 heavy (non-hydrogen) atoms. The Bertz CT molecular complexity index is 579. The van der Waals surface area contributed by atoms with E-state index in [0.717, 1.165) is 69.9 Å². The van der Waals surface area contributed by atoms with Crippen molar-refractivity contribution in [2.24, 2.45) is 11.7 Å². The molecule has 6 nitrogen and oxygen atoms in total. The molecule has 1 aromatic rings. The molecule has 150 valence electrons. The highest BCUT2D eigenvalue weighted by Crippen LogP contribution is 2.33. The van der Waals surface area contributed by atoms with E-state index in [0.29, 0.717) is 0 Å². The minimum atomic E-state index is -0.344. The summed E-state index contributed by atoms with van der Waals surface area (Å²) in [6.07, 6.45) is 4.15. The minimum absolute atomic E-state index is 0. The molecule has 2 fully saturated rings. The van der Waals surface area contributed by atoms with E-state index in [1.807, 2.05) is 25.7 Å². The molecule has 0 radical (unpaired) electrons. The van der Waals surface area contributed by atoms with Crippen molar-refractivity contribution in [2.45, 2.75) is 58.5 Å². The second-order valence-electron chi connectivity index (χ2n) is 7.71. The van der Waals surface area contributed by atoms with E-state index in [1.54, 1.807) is 0 Å². The molecular weight excluding hydrogens is 375 g/mol. The predicted molar refractivity (Wildman–Crippen MR) is 107 cm³/mol. The number of rotatable bonds is 3. The molecule has 2 N–H and O–H groups in total. The van der Waals surface area contributed by atoms with Gasteiger partial charge in [0, 0.05) is 43.8 Å². The highest BCUT2D eigenvalue weighted by Gasteiger charge is 2.40. The molecule has 8 heteroatoms. The van der Waals surface area contributed by atoms with Crippen LogP contribution < -0.4 is 5.73 Å². The predicted octanol–water partition coefficient (Wildman–Crippen LogP) is 2.69. The van der Waals surface area contributed by atoms with E-state index in [-0.39, 0.29) is 42.2 Å². The molecule has 2 aliphatic rings. The van der Waals surface area contributed by atoms with Crippen molar-refractivity contribution in [3.63, 3.8) is 0 Å². The molecule has 1 saturated heterocycles. The Balaban J connectivity index is 0.00000169. The number of carbonyl (C=O) groups is 1. The van der Waals surface area contributed by atoms with Crippen LogP contribution in [0, 0.1) is 19.8 Å². The Morgan fingerprint density at radius 2 is 1.88 bits per heavy atom. The lowest BCUT2D eigenvalue weighted by Gasteiger charge is -2.42. The monoisotopic (exact) mass is 406 g/mol. The van der Waals surface area contributed by atoms with Crippen LogP contribution in [0.15, 0.2) is 4.52 Å². The molecule has 0 bridgehead atoms. The van der Waals surface area contributed by atoms with Crippen LogP contribution in [0.5, 0.6) is 0 Å². The van der Waals surface area contributed by atoms with Crippen LogP contribution in [0.2, 0.25) is 0 Å². The summed E-state index contributed by atoms with van der Waals surface area (Å²) in [4.78, 5) is 17.3. The average Bonchev–Trinajstić information content (AvgIpc) is 2.86. The maximum atomic E-state index is 12.9. The largest absolute Gasteiger partial charge is 0.361 e. The Hall–Kier alpha value is -0.820. The topological polar surface area (TPSA) is 75.6 Å². The average molecular weight is 407 g/mol. The van der Waals surface area contributed by atoms with Gasteiger partial charge in [0.05, 0.1) is 11.6 Å². The molecule has 1 aliphatic heterocycles. The van der Waals surface area contributed by atoms with Crippen molar-refractivity contribution < 1.29 is 9.32 Å². The van der Waals surface area contributed by atoms with Gasteiger partial charge in [0.15, 0.2) is 0 Å². The highest BCUT2D eigenvalue weighted by molar-refractivity contribution is 5.85. The molecule has 3 rings (SSSR count). The SMILES string of the molecule is Cc1noc(C)c1CN1CCN(C(=O)C2CCCCC2(C)N)CC1.Cl.Cl. The van der Waals surface area contributed by atoms with Gasteiger partial charge in [-0.3, -0.25) is 9.69 Å². The first-order chi connectivity index (χ1) is 11.4. The maximum absolute atomic E-state index is 12.9. The number of carbonyl (C=O) groups excluding carboxylic acids is 1. The summed E-state index contributed by atoms with van der Waals surface area (Å²) in [5.74, 6) is 1.14. The molecule has 0 aromatic carbocycles. The first kappa shape index (κ1) is 23.2. The second kappa shape index (κ2) is 9.40. The number of nitrogens with two attached hydrogens (primary N) is 1. The fourth-order valence-electron chi connectivity index (χ4n) is 4.06. The van der Waals surface area contributed by atoms with Gasteiger partial charge in [0.25, 0.3) is 0 Å². The lowest BCUT2D eigenvalue weighted by Crippen LogP contribution is -2.57. The summed E-state index contributed by atoms with van der Waals surface area (Å²) >= 11 is 0. The third-order valence-corrected chi connectivity index (χ3v) is 5.80. The number of hydrogen-bond donors (Lipinski definition) is 1. The van der Waals surface area contributed by atoms with Crippen LogP contribution in [0.1, 0.15) is 49.6 Å². The molecule has 1 aliphatic carbocycles. The molecule has 1 amide bonds. The summed E-state index contributed by atoms with van der Waals surface area (Å²) in [5, 5.41) is 4.02. The summed E-state index contributed by atoms with van der Waals surface area (Å²) in [5.41, 5.74) is 8.20. The smallest absolute Gasteiger partial charge is 0.227 e. The number of piperazine rings is 1. The van der Waals surface area contributed by atoms with Crippen molar-refractivity contribution in [3.05, 3.63) is 17.0 Å². The van der Waals surface area contributed by atoms with Crippen LogP contribution in [-0.2, 0) is 11.3 Å². The normalized spacial score (nSPS) is 26.8. The Morgan fingerprint density at radius 1 is 1.23 bits per heavy atom. The summed E-state index contributed by atoms with van der Waals surface area (Å²) in [6, 6.07) is 0. The van der Waals surface area contributed by atoms with E-state index in [1.165, 1.54) is 5.56 Å². The molecule has 2 atom stereocenters. The second-order valence-corrected chi connectivity index (χ2v) is 7.71. The van der Waals surface area contributed by atoms with Gasteiger partial charge in [-0.2, -0.15) is 0 Å². The van der Waals surface area contributed by atoms with Gasteiger partial charge < -0.3 is 15.2 Å². The fourth-order valence-corrected chi connectivity index (χ4v) is 4.06. The zero-order chi connectivity index (χ0) is 17.3. The van der Waals surface area contributed by atoms with E-state index in [9.17, 15) is 4.79 Å². The Kier molecular flexibility index (Phi) is 8.39. The number of nitrogens with zero attached hydrogens (tertiary/aromatic N) is 3. The number of aromatic nitrogens is 1. The summed E-state index contributed by atoms with van der Waals surface area (Å²) in [6.45, 7) is 10.2. The molecular formula is C18H32Cl2N4O2. The van der Waals surface area contributed by atoms with Gasteiger partial charge in [-0.15, -0.1) is 24.8 Å². The zero-order valence-corrected chi connectivity index (χ0v) is 17.6. The van der Waals surface area contributed by atoms with Crippen molar-refractivity contribution >= 4 is 30.7 Å². The van der Waals surface area contributed by atoms with Gasteiger partial charge in [0.2, 0.25) is 5.91 Å². The number of halogens is 2. The zero-order valence-electron chi connectivity index (χ0n) is 16.0. The Labute approximate surface area is 168 Å². The van der Waals surface area contributed by atoms with Gasteiger partial charge in [-0.05, 0) is 33.6 Å². The molecule has 0 spiro atoms. The standard InChI is InChI=1S/C18H30N4O2.2ClH/c1-13-15(14(2)24-20-13)12-21-8-10-22(11-9-21)17(23)16-6-4-5-7-18(16,3)19;;/h16H,4-12,19H2,1-3H3;2*1H. The molecule has 2 unspecified atom stereocenters. The molecule has 1 saturated carbocycles. The fraction of sp³-hybridized carbons (Fsp3) is 0.778. The highest BCUT2D eigenvalue weighted by atomic mass is 35.5. The van der Waals surface area contributed by atoms with Crippen molar-refractivity contribution in [1.82, 2.24) is 15.0 Å². The van der Waals surface area contributed by atoms with Gasteiger partial charge in [-0.1, -0.05) is 18.0 Å². The van der Waals surface area contributed by atoms with Crippen molar-refractivity contribution in [2.75, 3.05) is 26.2 Å². The lowest BCUT2D eigenvalue weighted by atomic mass is 9.74. The van der Waals surface area contributed by atoms with Crippen LogP contribution >= 0.6 is 24.8 Å². The van der Waals surface area contributed by atoms with E-state index < -0.39 is 0 Å². The van der Waals surface area contributed by atoms with E-state index >= 15 is 0 Å². The first-order valence-electron chi connectivity index (χ1n) is 9.10. The third-order valence-electron chi connectivity index (χ3n) is 5.80. The summed E-state index contributed by atoms with van der Waals surface area (Å²) in [7, 11) is 0.